The molecule has 0 radical (unpaired) electrons. The third kappa shape index (κ3) is 2.40. The van der Waals surface area contributed by atoms with Gasteiger partial charge in [-0.05, 0) is 29.5 Å². The van der Waals surface area contributed by atoms with Crippen molar-refractivity contribution < 1.29 is 4.79 Å². The molecule has 4 N–H and O–H groups in total. The number of carbonyl (C=O) groups is 1. The predicted molar refractivity (Wildman–Crippen MR) is 83.1 cm³/mol. The predicted octanol–water partition coefficient (Wildman–Crippen LogP) is 2.78. The quantitative estimate of drug-likeness (QED) is 0.690. The number of rotatable bonds is 4. The average molecular weight is 285 g/mol. The first kappa shape index (κ1) is 12.7. The molecule has 0 spiro atoms. The molecule has 1 amide bonds. The Hall–Kier alpha value is -2.27. The van der Waals surface area contributed by atoms with E-state index in [1.807, 2.05) is 29.8 Å². The second-order valence-corrected chi connectivity index (χ2v) is 5.49. The van der Waals surface area contributed by atoms with Crippen molar-refractivity contribution in [3.05, 3.63) is 52.3 Å². The highest BCUT2D eigenvalue weighted by molar-refractivity contribution is 7.12. The topological polar surface area (TPSA) is 70.9 Å². The summed E-state index contributed by atoms with van der Waals surface area (Å²) in [5, 5.41) is 5.94. The number of carbonyl (C=O) groups excluding carboxylic acids is 1. The van der Waals surface area contributed by atoms with Gasteiger partial charge in [-0.15, -0.1) is 11.3 Å². The smallest absolute Gasteiger partial charge is 0.263 e. The maximum absolute atomic E-state index is 11.9. The Morgan fingerprint density at radius 2 is 2.15 bits per heavy atom. The number of nitrogens with two attached hydrogens (primary N) is 1. The molecule has 0 fully saturated rings. The standard InChI is InChI=1S/C15H15N3OS/c16-12-6-8-20-14(12)15(19)17-7-5-10-9-18-13-4-2-1-3-11(10)13/h1-4,6,8-9,18H,5,7,16H2,(H,17,19). The van der Waals surface area contributed by atoms with E-state index < -0.39 is 0 Å². The lowest BCUT2D eigenvalue weighted by atomic mass is 10.1. The Kier molecular flexibility index (Phi) is 3.43. The van der Waals surface area contributed by atoms with Gasteiger partial charge < -0.3 is 16.0 Å². The Morgan fingerprint density at radius 3 is 2.95 bits per heavy atom. The third-order valence-corrected chi connectivity index (χ3v) is 4.19. The van der Waals surface area contributed by atoms with Crippen LogP contribution in [-0.2, 0) is 6.42 Å². The maximum atomic E-state index is 11.9. The third-order valence-electron chi connectivity index (χ3n) is 3.26. The fourth-order valence-corrected chi connectivity index (χ4v) is 2.97. The summed E-state index contributed by atoms with van der Waals surface area (Å²) in [4.78, 5) is 15.7. The van der Waals surface area contributed by atoms with Crippen molar-refractivity contribution in [3.8, 4) is 0 Å². The number of anilines is 1. The van der Waals surface area contributed by atoms with Crippen molar-refractivity contribution in [2.75, 3.05) is 12.3 Å². The number of thiophene rings is 1. The molecule has 20 heavy (non-hydrogen) atoms. The maximum Gasteiger partial charge on any atom is 0.263 e. The minimum atomic E-state index is -0.0997. The van der Waals surface area contributed by atoms with E-state index >= 15 is 0 Å². The van der Waals surface area contributed by atoms with Gasteiger partial charge in [0.25, 0.3) is 5.91 Å². The van der Waals surface area contributed by atoms with Gasteiger partial charge in [0.1, 0.15) is 4.88 Å². The molecule has 0 bridgehead atoms. The number of aromatic nitrogens is 1. The summed E-state index contributed by atoms with van der Waals surface area (Å²) in [6.45, 7) is 0.595. The molecular weight excluding hydrogens is 270 g/mol. The van der Waals surface area contributed by atoms with Crippen LogP contribution < -0.4 is 11.1 Å². The van der Waals surface area contributed by atoms with E-state index in [4.69, 9.17) is 5.73 Å². The summed E-state index contributed by atoms with van der Waals surface area (Å²) in [5.41, 5.74) is 8.60. The van der Waals surface area contributed by atoms with Gasteiger partial charge >= 0.3 is 0 Å². The normalized spacial score (nSPS) is 10.8. The van der Waals surface area contributed by atoms with Gasteiger partial charge in [0, 0.05) is 23.6 Å². The van der Waals surface area contributed by atoms with Crippen LogP contribution in [0.4, 0.5) is 5.69 Å². The Balaban J connectivity index is 1.63. The van der Waals surface area contributed by atoms with Gasteiger partial charge in [0.15, 0.2) is 0 Å². The molecule has 4 nitrogen and oxygen atoms in total. The minimum Gasteiger partial charge on any atom is -0.397 e. The number of aromatic amines is 1. The van der Waals surface area contributed by atoms with E-state index in [0.717, 1.165) is 11.9 Å². The van der Waals surface area contributed by atoms with Gasteiger partial charge in [0.2, 0.25) is 0 Å². The highest BCUT2D eigenvalue weighted by Gasteiger charge is 2.10. The van der Waals surface area contributed by atoms with Crippen LogP contribution in [0.2, 0.25) is 0 Å². The molecule has 2 heterocycles. The summed E-state index contributed by atoms with van der Waals surface area (Å²) in [6, 6.07) is 9.90. The van der Waals surface area contributed by atoms with Crippen molar-refractivity contribution in [2.24, 2.45) is 0 Å². The van der Waals surface area contributed by atoms with E-state index in [0.29, 0.717) is 17.1 Å². The molecule has 0 aliphatic rings. The number of para-hydroxylation sites is 1. The number of amides is 1. The first-order chi connectivity index (χ1) is 9.75. The number of hydrogen-bond donors (Lipinski definition) is 3. The number of fused-ring (bicyclic) bond motifs is 1. The largest absolute Gasteiger partial charge is 0.397 e. The van der Waals surface area contributed by atoms with Crippen LogP contribution in [0.15, 0.2) is 41.9 Å². The summed E-state index contributed by atoms with van der Waals surface area (Å²) >= 11 is 1.36. The van der Waals surface area contributed by atoms with Gasteiger partial charge in [-0.1, -0.05) is 18.2 Å². The summed E-state index contributed by atoms with van der Waals surface area (Å²) < 4.78 is 0. The summed E-state index contributed by atoms with van der Waals surface area (Å²) in [5.74, 6) is -0.0997. The molecule has 3 aromatic rings. The SMILES string of the molecule is Nc1ccsc1C(=O)NCCc1c[nH]c2ccccc12. The van der Waals surface area contributed by atoms with Crippen LogP contribution in [0.5, 0.6) is 0 Å². The zero-order chi connectivity index (χ0) is 13.9. The van der Waals surface area contributed by atoms with Crippen LogP contribution >= 0.6 is 11.3 Å². The number of benzene rings is 1. The van der Waals surface area contributed by atoms with Gasteiger partial charge in [-0.3, -0.25) is 4.79 Å². The Labute approximate surface area is 120 Å². The summed E-state index contributed by atoms with van der Waals surface area (Å²) in [7, 11) is 0. The molecule has 0 saturated carbocycles. The van der Waals surface area contributed by atoms with Gasteiger partial charge in [-0.2, -0.15) is 0 Å². The van der Waals surface area contributed by atoms with Crippen LogP contribution in [-0.4, -0.2) is 17.4 Å². The van der Waals surface area contributed by atoms with Crippen molar-refractivity contribution in [1.29, 1.82) is 0 Å². The molecule has 0 aliphatic carbocycles. The zero-order valence-electron chi connectivity index (χ0n) is 10.8. The molecule has 2 aromatic heterocycles. The number of nitrogens with one attached hydrogen (secondary N) is 2. The minimum absolute atomic E-state index is 0.0997. The highest BCUT2D eigenvalue weighted by Crippen LogP contribution is 2.19. The molecule has 3 rings (SSSR count). The number of hydrogen-bond acceptors (Lipinski definition) is 3. The fraction of sp³-hybridized carbons (Fsp3) is 0.133. The highest BCUT2D eigenvalue weighted by atomic mass is 32.1. The van der Waals surface area contributed by atoms with Crippen molar-refractivity contribution in [3.63, 3.8) is 0 Å². The lowest BCUT2D eigenvalue weighted by Crippen LogP contribution is -2.25. The molecule has 0 atom stereocenters. The molecule has 102 valence electrons. The first-order valence-corrected chi connectivity index (χ1v) is 7.30. The van der Waals surface area contributed by atoms with Gasteiger partial charge in [-0.25, -0.2) is 0 Å². The molecule has 0 saturated heterocycles. The average Bonchev–Trinajstić information content (AvgIpc) is 3.05. The Morgan fingerprint density at radius 1 is 1.30 bits per heavy atom. The molecule has 0 aliphatic heterocycles. The lowest BCUT2D eigenvalue weighted by molar-refractivity contribution is 0.0959. The second-order valence-electron chi connectivity index (χ2n) is 4.57. The van der Waals surface area contributed by atoms with Crippen molar-refractivity contribution >= 4 is 33.8 Å². The van der Waals surface area contributed by atoms with Crippen LogP contribution in [0.1, 0.15) is 15.2 Å². The van der Waals surface area contributed by atoms with E-state index in [2.05, 4.69) is 16.4 Å². The fourth-order valence-electron chi connectivity index (χ4n) is 2.23. The monoisotopic (exact) mass is 285 g/mol. The van der Waals surface area contributed by atoms with E-state index in [1.54, 1.807) is 6.07 Å². The van der Waals surface area contributed by atoms with E-state index in [-0.39, 0.29) is 5.91 Å². The first-order valence-electron chi connectivity index (χ1n) is 6.42. The second kappa shape index (κ2) is 5.38. The van der Waals surface area contributed by atoms with E-state index in [1.165, 1.54) is 22.3 Å². The molecule has 0 unspecified atom stereocenters. The molecule has 1 aromatic carbocycles. The van der Waals surface area contributed by atoms with E-state index in [9.17, 15) is 4.79 Å². The van der Waals surface area contributed by atoms with Crippen LogP contribution in [0.25, 0.3) is 10.9 Å². The zero-order valence-corrected chi connectivity index (χ0v) is 11.7. The van der Waals surface area contributed by atoms with Gasteiger partial charge in [0.05, 0.1) is 5.69 Å². The number of nitrogen functional groups attached to an aromatic ring is 1. The molecule has 5 heteroatoms. The molecular formula is C15H15N3OS. The lowest BCUT2D eigenvalue weighted by Gasteiger charge is -2.04. The van der Waals surface area contributed by atoms with Crippen LogP contribution in [0, 0.1) is 0 Å². The summed E-state index contributed by atoms with van der Waals surface area (Å²) in [6.07, 6.45) is 2.79. The number of H-pyrrole nitrogens is 1. The van der Waals surface area contributed by atoms with Crippen molar-refractivity contribution in [2.45, 2.75) is 6.42 Å². The van der Waals surface area contributed by atoms with Crippen molar-refractivity contribution in [1.82, 2.24) is 10.3 Å². The van der Waals surface area contributed by atoms with Crippen LogP contribution in [0.3, 0.4) is 0 Å². The Bertz CT molecular complexity index is 744.